The van der Waals surface area contributed by atoms with Crippen LogP contribution in [0, 0.1) is 5.92 Å². The van der Waals surface area contributed by atoms with E-state index in [9.17, 15) is 18.6 Å². The second kappa shape index (κ2) is 5.37. The van der Waals surface area contributed by atoms with E-state index in [-0.39, 0.29) is 24.0 Å². The Bertz CT molecular complexity index is 851. The fourth-order valence-electron chi connectivity index (χ4n) is 2.65. The fourth-order valence-corrected chi connectivity index (χ4v) is 3.15. The quantitative estimate of drug-likeness (QED) is 0.606. The standard InChI is InChI=1S/C12H17N5O5S/c1-5-8(19)7(4-18)22-9(5)6-3-14-11-10(13)15-12(16-17(6)11)23(2,20)21/h3,5,7-9,18-19H,4H2,1-2H3,(H2,13,15,16)/t5-,7+,8-,9+/m0/s1. The molecule has 0 unspecified atom stereocenters. The lowest BCUT2D eigenvalue weighted by Gasteiger charge is -2.14. The highest BCUT2D eigenvalue weighted by atomic mass is 32.2. The van der Waals surface area contributed by atoms with E-state index in [0.29, 0.717) is 5.69 Å². The van der Waals surface area contributed by atoms with Gasteiger partial charge in [0.1, 0.15) is 12.2 Å². The van der Waals surface area contributed by atoms with Gasteiger partial charge in [0.2, 0.25) is 9.84 Å². The molecule has 1 aliphatic heterocycles. The fraction of sp³-hybridized carbons (Fsp3) is 0.583. The maximum absolute atomic E-state index is 11.7. The van der Waals surface area contributed by atoms with Gasteiger partial charge in [0.25, 0.3) is 5.16 Å². The number of nitrogens with two attached hydrogens (primary N) is 1. The van der Waals surface area contributed by atoms with Crippen molar-refractivity contribution in [2.24, 2.45) is 5.92 Å². The van der Waals surface area contributed by atoms with Gasteiger partial charge in [-0.3, -0.25) is 0 Å². The van der Waals surface area contributed by atoms with Crippen LogP contribution < -0.4 is 5.73 Å². The van der Waals surface area contributed by atoms with Crippen LogP contribution in [0.15, 0.2) is 11.4 Å². The largest absolute Gasteiger partial charge is 0.394 e. The van der Waals surface area contributed by atoms with Crippen LogP contribution in [0.3, 0.4) is 0 Å². The molecule has 2 aromatic rings. The van der Waals surface area contributed by atoms with Crippen LogP contribution >= 0.6 is 0 Å². The molecule has 0 radical (unpaired) electrons. The molecule has 4 atom stereocenters. The molecule has 2 aromatic heterocycles. The zero-order chi connectivity index (χ0) is 16.9. The number of rotatable bonds is 3. The van der Waals surface area contributed by atoms with Gasteiger partial charge in [0.05, 0.1) is 24.6 Å². The molecule has 0 aromatic carbocycles. The Morgan fingerprint density at radius 2 is 2.17 bits per heavy atom. The average molecular weight is 343 g/mol. The number of aliphatic hydroxyl groups excluding tert-OH is 2. The topological polar surface area (TPSA) is 153 Å². The zero-order valence-electron chi connectivity index (χ0n) is 12.5. The summed E-state index contributed by atoms with van der Waals surface area (Å²) in [5.74, 6) is -0.415. The second-order valence-electron chi connectivity index (χ2n) is 5.60. The highest BCUT2D eigenvalue weighted by Crippen LogP contribution is 2.38. The minimum Gasteiger partial charge on any atom is -0.394 e. The number of hydrogen-bond acceptors (Lipinski definition) is 9. The molecule has 126 valence electrons. The third-order valence-electron chi connectivity index (χ3n) is 3.92. The Kier molecular flexibility index (Phi) is 3.75. The molecular formula is C12H17N5O5S. The van der Waals surface area contributed by atoms with Gasteiger partial charge in [0, 0.05) is 12.2 Å². The molecule has 3 heterocycles. The van der Waals surface area contributed by atoms with E-state index in [1.165, 1.54) is 10.7 Å². The Morgan fingerprint density at radius 3 is 2.74 bits per heavy atom. The number of anilines is 1. The number of ether oxygens (including phenoxy) is 1. The van der Waals surface area contributed by atoms with Gasteiger partial charge in [-0.25, -0.2) is 17.9 Å². The molecule has 1 saturated heterocycles. The van der Waals surface area contributed by atoms with Crippen LogP contribution in [0.5, 0.6) is 0 Å². The lowest BCUT2D eigenvalue weighted by molar-refractivity contribution is -0.0241. The molecule has 0 spiro atoms. The lowest BCUT2D eigenvalue weighted by Crippen LogP contribution is -2.27. The number of fused-ring (bicyclic) bond motifs is 1. The summed E-state index contributed by atoms with van der Waals surface area (Å²) in [5, 5.41) is 22.9. The molecule has 11 heteroatoms. The third-order valence-corrected chi connectivity index (χ3v) is 4.75. The predicted molar refractivity (Wildman–Crippen MR) is 78.2 cm³/mol. The molecule has 0 amide bonds. The molecule has 1 fully saturated rings. The minimum atomic E-state index is -3.66. The summed E-state index contributed by atoms with van der Waals surface area (Å²) < 4.78 is 30.3. The van der Waals surface area contributed by atoms with Crippen molar-refractivity contribution in [3.63, 3.8) is 0 Å². The minimum absolute atomic E-state index is 0.0726. The summed E-state index contributed by atoms with van der Waals surface area (Å²) in [4.78, 5) is 7.83. The van der Waals surface area contributed by atoms with E-state index in [0.717, 1.165) is 6.26 Å². The van der Waals surface area contributed by atoms with Gasteiger partial charge in [-0.05, 0) is 0 Å². The van der Waals surface area contributed by atoms with Crippen LogP contribution in [-0.2, 0) is 14.6 Å². The Balaban J connectivity index is 2.14. The Hall–Kier alpha value is -1.82. The monoisotopic (exact) mass is 343 g/mol. The number of nitrogens with zero attached hydrogens (tertiary/aromatic N) is 4. The van der Waals surface area contributed by atoms with Gasteiger partial charge in [-0.1, -0.05) is 6.92 Å². The average Bonchev–Trinajstić information content (AvgIpc) is 3.01. The first kappa shape index (κ1) is 16.1. The summed E-state index contributed by atoms with van der Waals surface area (Å²) in [7, 11) is -3.66. The SMILES string of the molecule is C[C@H]1[C@H](O)[C@@H](CO)O[C@H]1c1cnc2c(N)nc(S(C)(=O)=O)nn12. The molecule has 10 nitrogen and oxygen atoms in total. The third kappa shape index (κ3) is 2.55. The van der Waals surface area contributed by atoms with Gasteiger partial charge in [-0.15, -0.1) is 5.10 Å². The number of nitrogen functional groups attached to an aromatic ring is 1. The molecule has 0 aliphatic carbocycles. The molecule has 1 aliphatic rings. The number of aromatic nitrogens is 4. The molecule has 0 bridgehead atoms. The molecular weight excluding hydrogens is 326 g/mol. The van der Waals surface area contributed by atoms with Crippen LogP contribution in [0.1, 0.15) is 18.7 Å². The Labute approximate surface area is 131 Å². The van der Waals surface area contributed by atoms with Crippen LogP contribution in [-0.4, -0.2) is 63.3 Å². The highest BCUT2D eigenvalue weighted by molar-refractivity contribution is 7.90. The van der Waals surface area contributed by atoms with Gasteiger partial charge in [-0.2, -0.15) is 4.98 Å². The van der Waals surface area contributed by atoms with Crippen LogP contribution in [0.4, 0.5) is 5.82 Å². The maximum atomic E-state index is 11.7. The van der Waals surface area contributed by atoms with E-state index >= 15 is 0 Å². The summed E-state index contributed by atoms with van der Waals surface area (Å²) in [6.07, 6.45) is 0.224. The lowest BCUT2D eigenvalue weighted by atomic mass is 9.97. The molecule has 4 N–H and O–H groups in total. The summed E-state index contributed by atoms with van der Waals surface area (Å²) >= 11 is 0. The van der Waals surface area contributed by atoms with E-state index in [4.69, 9.17) is 10.5 Å². The number of hydrogen-bond donors (Lipinski definition) is 3. The van der Waals surface area contributed by atoms with Gasteiger partial charge in [0.15, 0.2) is 11.5 Å². The van der Waals surface area contributed by atoms with Crippen molar-refractivity contribution in [3.05, 3.63) is 11.9 Å². The van der Waals surface area contributed by atoms with E-state index in [1.54, 1.807) is 6.92 Å². The first-order valence-electron chi connectivity index (χ1n) is 6.89. The van der Waals surface area contributed by atoms with Crippen molar-refractivity contribution in [1.29, 1.82) is 0 Å². The van der Waals surface area contributed by atoms with Gasteiger partial charge >= 0.3 is 0 Å². The Morgan fingerprint density at radius 1 is 1.48 bits per heavy atom. The summed E-state index contributed by atoms with van der Waals surface area (Å²) in [6, 6.07) is 0. The van der Waals surface area contributed by atoms with Crippen molar-refractivity contribution in [2.75, 3.05) is 18.6 Å². The highest BCUT2D eigenvalue weighted by Gasteiger charge is 2.42. The summed E-state index contributed by atoms with van der Waals surface area (Å²) in [6.45, 7) is 1.43. The summed E-state index contributed by atoms with van der Waals surface area (Å²) in [5.41, 5.74) is 6.38. The zero-order valence-corrected chi connectivity index (χ0v) is 13.3. The van der Waals surface area contributed by atoms with Crippen molar-refractivity contribution in [2.45, 2.75) is 30.4 Å². The van der Waals surface area contributed by atoms with Crippen molar-refractivity contribution in [3.8, 4) is 0 Å². The van der Waals surface area contributed by atoms with Crippen LogP contribution in [0.25, 0.3) is 5.65 Å². The number of aliphatic hydroxyl groups is 2. The number of imidazole rings is 1. The molecule has 0 saturated carbocycles. The van der Waals surface area contributed by atoms with Crippen molar-refractivity contribution in [1.82, 2.24) is 19.6 Å². The predicted octanol–water partition coefficient (Wildman–Crippen LogP) is -1.46. The van der Waals surface area contributed by atoms with Crippen LogP contribution in [0.2, 0.25) is 0 Å². The van der Waals surface area contributed by atoms with E-state index < -0.39 is 33.3 Å². The second-order valence-corrected chi connectivity index (χ2v) is 7.51. The molecule has 3 rings (SSSR count). The van der Waals surface area contributed by atoms with E-state index in [1.807, 2.05) is 0 Å². The van der Waals surface area contributed by atoms with E-state index in [2.05, 4.69) is 15.1 Å². The van der Waals surface area contributed by atoms with Crippen molar-refractivity contribution >= 4 is 21.3 Å². The maximum Gasteiger partial charge on any atom is 0.267 e. The first-order valence-corrected chi connectivity index (χ1v) is 8.78. The first-order chi connectivity index (χ1) is 10.7. The van der Waals surface area contributed by atoms with Crippen molar-refractivity contribution < 1.29 is 23.4 Å². The number of sulfone groups is 1. The normalized spacial score (nSPS) is 28.5. The smallest absolute Gasteiger partial charge is 0.267 e. The van der Waals surface area contributed by atoms with Gasteiger partial charge < -0.3 is 20.7 Å². The molecule has 23 heavy (non-hydrogen) atoms.